The quantitative estimate of drug-likeness (QED) is 0.608. The molecule has 0 aliphatic heterocycles. The Bertz CT molecular complexity index is 411. The Morgan fingerprint density at radius 1 is 1.53 bits per heavy atom. The molecule has 1 aromatic rings. The van der Waals surface area contributed by atoms with Gasteiger partial charge in [-0.15, -0.1) is 11.3 Å². The fraction of sp³-hybridized carbons (Fsp3) is 0.500. The van der Waals surface area contributed by atoms with Crippen LogP contribution in [0.15, 0.2) is 0 Å². The van der Waals surface area contributed by atoms with E-state index in [1.165, 1.54) is 11.3 Å². The molecule has 0 bridgehead atoms. The number of nitrogens with two attached hydrogens (primary N) is 1. The molecule has 1 atom stereocenters. The van der Waals surface area contributed by atoms with Gasteiger partial charge in [-0.25, -0.2) is 9.78 Å². The van der Waals surface area contributed by atoms with Crippen LogP contribution in [-0.2, 0) is 14.3 Å². The number of anilines is 1. The molecule has 17 heavy (non-hydrogen) atoms. The molecule has 0 saturated heterocycles. The monoisotopic (exact) mass is 257 g/mol. The van der Waals surface area contributed by atoms with E-state index >= 15 is 0 Å². The average molecular weight is 257 g/mol. The second kappa shape index (κ2) is 5.74. The zero-order valence-corrected chi connectivity index (χ0v) is 10.8. The fourth-order valence-corrected chi connectivity index (χ4v) is 1.87. The Labute approximate surface area is 103 Å². The molecule has 0 saturated carbocycles. The van der Waals surface area contributed by atoms with Gasteiger partial charge < -0.3 is 15.8 Å². The predicted octanol–water partition coefficient (Wildman–Crippen LogP) is 0.589. The lowest BCUT2D eigenvalue weighted by Gasteiger charge is -2.09. The molecule has 1 unspecified atom stereocenters. The van der Waals surface area contributed by atoms with Gasteiger partial charge in [0.25, 0.3) is 5.91 Å². The third-order valence-corrected chi connectivity index (χ3v) is 3.07. The minimum atomic E-state index is -1.32. The van der Waals surface area contributed by atoms with Crippen molar-refractivity contribution in [2.45, 2.75) is 26.8 Å². The first-order valence-corrected chi connectivity index (χ1v) is 5.94. The molecule has 0 aliphatic carbocycles. The maximum absolute atomic E-state index is 11.6. The molecule has 0 aliphatic rings. The van der Waals surface area contributed by atoms with E-state index in [1.807, 2.05) is 13.8 Å². The Morgan fingerprint density at radius 2 is 2.18 bits per heavy atom. The van der Waals surface area contributed by atoms with Crippen LogP contribution in [-0.4, -0.2) is 29.5 Å². The molecule has 0 radical (unpaired) electrons. The Balaban J connectivity index is 2.63. The molecule has 0 aromatic carbocycles. The molecule has 6 nitrogen and oxygen atoms in total. The molecule has 1 aromatic heterocycles. The highest BCUT2D eigenvalue weighted by molar-refractivity contribution is 7.15. The largest absolute Gasteiger partial charge is 0.464 e. The summed E-state index contributed by atoms with van der Waals surface area (Å²) >= 11 is 1.33. The summed E-state index contributed by atoms with van der Waals surface area (Å²) in [5.41, 5.74) is 6.27. The number of thiazole rings is 1. The summed E-state index contributed by atoms with van der Waals surface area (Å²) in [5.74, 6) is -1.35. The number of rotatable bonds is 4. The summed E-state index contributed by atoms with van der Waals surface area (Å²) in [4.78, 5) is 27.9. The van der Waals surface area contributed by atoms with Gasteiger partial charge in [0, 0.05) is 4.88 Å². The lowest BCUT2D eigenvalue weighted by atomic mass is 10.3. The van der Waals surface area contributed by atoms with Crippen molar-refractivity contribution in [2.75, 3.05) is 11.9 Å². The molecule has 1 heterocycles. The van der Waals surface area contributed by atoms with E-state index in [0.29, 0.717) is 5.13 Å². The molecular formula is C10H15N3O3S. The number of aryl methyl sites for hydroxylation is 2. The Morgan fingerprint density at radius 3 is 2.65 bits per heavy atom. The first-order valence-electron chi connectivity index (χ1n) is 5.12. The molecule has 1 rings (SSSR count). The van der Waals surface area contributed by atoms with Crippen LogP contribution in [0.3, 0.4) is 0 Å². The summed E-state index contributed by atoms with van der Waals surface area (Å²) in [6, 6.07) is -1.32. The zero-order valence-electron chi connectivity index (χ0n) is 9.94. The van der Waals surface area contributed by atoms with E-state index in [0.717, 1.165) is 10.6 Å². The normalized spacial score (nSPS) is 12.0. The van der Waals surface area contributed by atoms with Crippen LogP contribution >= 0.6 is 11.3 Å². The topological polar surface area (TPSA) is 94.3 Å². The zero-order chi connectivity index (χ0) is 13.0. The number of nitrogens with zero attached hydrogens (tertiary/aromatic N) is 1. The molecule has 0 spiro atoms. The average Bonchev–Trinajstić information content (AvgIpc) is 2.57. The van der Waals surface area contributed by atoms with E-state index < -0.39 is 17.9 Å². The Hall–Kier alpha value is -1.47. The van der Waals surface area contributed by atoms with Crippen LogP contribution in [0.4, 0.5) is 5.13 Å². The second-order valence-corrected chi connectivity index (χ2v) is 4.58. The highest BCUT2D eigenvalue weighted by atomic mass is 32.1. The number of carbonyl (C=O) groups is 2. The van der Waals surface area contributed by atoms with Crippen molar-refractivity contribution in [3.8, 4) is 0 Å². The molecular weight excluding hydrogens is 242 g/mol. The van der Waals surface area contributed by atoms with Crippen molar-refractivity contribution in [1.29, 1.82) is 0 Å². The summed E-state index contributed by atoms with van der Waals surface area (Å²) in [5, 5.41) is 2.92. The fourth-order valence-electron chi connectivity index (χ4n) is 1.05. The van der Waals surface area contributed by atoms with Crippen molar-refractivity contribution in [3.05, 3.63) is 10.6 Å². The molecule has 94 valence electrons. The Kier molecular flexibility index (Phi) is 4.59. The van der Waals surface area contributed by atoms with Crippen LogP contribution in [0.2, 0.25) is 0 Å². The van der Waals surface area contributed by atoms with E-state index in [9.17, 15) is 9.59 Å². The van der Waals surface area contributed by atoms with E-state index in [4.69, 9.17) is 5.73 Å². The summed E-state index contributed by atoms with van der Waals surface area (Å²) in [6.45, 7) is 5.58. The van der Waals surface area contributed by atoms with Crippen LogP contribution in [0.5, 0.6) is 0 Å². The molecule has 0 fully saturated rings. The number of carbonyl (C=O) groups excluding carboxylic acids is 2. The third-order valence-electron chi connectivity index (χ3n) is 2.08. The van der Waals surface area contributed by atoms with Crippen molar-refractivity contribution in [1.82, 2.24) is 4.98 Å². The predicted molar refractivity (Wildman–Crippen MR) is 64.8 cm³/mol. The van der Waals surface area contributed by atoms with Gasteiger partial charge in [-0.1, -0.05) is 0 Å². The third kappa shape index (κ3) is 3.50. The van der Waals surface area contributed by atoms with Gasteiger partial charge >= 0.3 is 5.97 Å². The first kappa shape index (κ1) is 13.6. The standard InChI is InChI=1S/C10H15N3O3S/c1-4-16-9(15)7(11)8(14)13-10-12-5(2)6(3)17-10/h7H,4,11H2,1-3H3,(H,12,13,14). The lowest BCUT2D eigenvalue weighted by Crippen LogP contribution is -2.43. The highest BCUT2D eigenvalue weighted by Crippen LogP contribution is 2.20. The maximum Gasteiger partial charge on any atom is 0.332 e. The number of nitrogens with one attached hydrogen (secondary N) is 1. The van der Waals surface area contributed by atoms with E-state index in [1.54, 1.807) is 6.92 Å². The van der Waals surface area contributed by atoms with E-state index in [-0.39, 0.29) is 6.61 Å². The number of esters is 1. The number of ether oxygens (including phenoxy) is 1. The number of amides is 1. The maximum atomic E-state index is 11.6. The first-order chi connectivity index (χ1) is 7.95. The van der Waals surface area contributed by atoms with Crippen molar-refractivity contribution in [2.24, 2.45) is 5.73 Å². The SMILES string of the molecule is CCOC(=O)C(N)C(=O)Nc1nc(C)c(C)s1. The number of aromatic nitrogens is 1. The molecule has 3 N–H and O–H groups in total. The highest BCUT2D eigenvalue weighted by Gasteiger charge is 2.24. The number of hydrogen-bond donors (Lipinski definition) is 2. The summed E-state index contributed by atoms with van der Waals surface area (Å²) in [7, 11) is 0. The van der Waals surface area contributed by atoms with Gasteiger partial charge in [-0.05, 0) is 20.8 Å². The molecule has 1 amide bonds. The van der Waals surface area contributed by atoms with Gasteiger partial charge in [-0.2, -0.15) is 0 Å². The van der Waals surface area contributed by atoms with Gasteiger partial charge in [0.05, 0.1) is 12.3 Å². The van der Waals surface area contributed by atoms with Crippen molar-refractivity contribution in [3.63, 3.8) is 0 Å². The van der Waals surface area contributed by atoms with Crippen LogP contribution < -0.4 is 11.1 Å². The van der Waals surface area contributed by atoms with Crippen LogP contribution in [0, 0.1) is 13.8 Å². The summed E-state index contributed by atoms with van der Waals surface area (Å²) < 4.78 is 4.65. The minimum Gasteiger partial charge on any atom is -0.464 e. The van der Waals surface area contributed by atoms with E-state index in [2.05, 4.69) is 15.0 Å². The van der Waals surface area contributed by atoms with Gasteiger partial charge in [-0.3, -0.25) is 4.79 Å². The van der Waals surface area contributed by atoms with Crippen LogP contribution in [0.1, 0.15) is 17.5 Å². The van der Waals surface area contributed by atoms with Crippen molar-refractivity contribution >= 4 is 28.3 Å². The number of hydrogen-bond acceptors (Lipinski definition) is 6. The van der Waals surface area contributed by atoms with Gasteiger partial charge in [0.15, 0.2) is 11.2 Å². The molecule has 7 heteroatoms. The van der Waals surface area contributed by atoms with Gasteiger partial charge in [0.2, 0.25) is 0 Å². The smallest absolute Gasteiger partial charge is 0.332 e. The van der Waals surface area contributed by atoms with Crippen LogP contribution in [0.25, 0.3) is 0 Å². The van der Waals surface area contributed by atoms with Crippen molar-refractivity contribution < 1.29 is 14.3 Å². The minimum absolute atomic E-state index is 0.190. The second-order valence-electron chi connectivity index (χ2n) is 3.38. The lowest BCUT2D eigenvalue weighted by molar-refractivity contribution is -0.146. The summed E-state index contributed by atoms with van der Waals surface area (Å²) in [6.07, 6.45) is 0. The van der Waals surface area contributed by atoms with Gasteiger partial charge in [0.1, 0.15) is 0 Å².